The van der Waals surface area contributed by atoms with Crippen molar-refractivity contribution in [3.05, 3.63) is 66.0 Å². The third kappa shape index (κ3) is 2.85. The Kier molecular flexibility index (Phi) is 4.46. The molecular weight excluding hydrogens is 329 g/mol. The van der Waals surface area contributed by atoms with Crippen molar-refractivity contribution in [3.63, 3.8) is 0 Å². The van der Waals surface area contributed by atoms with Gasteiger partial charge in [0, 0.05) is 12.5 Å². The molecule has 128 valence electrons. The molecule has 0 unspecified atom stereocenters. The Balaban J connectivity index is 2.01. The van der Waals surface area contributed by atoms with Crippen LogP contribution in [0.2, 0.25) is 0 Å². The molecule has 1 aliphatic carbocycles. The fourth-order valence-corrected chi connectivity index (χ4v) is 5.60. The van der Waals surface area contributed by atoms with E-state index < -0.39 is 32.4 Å². The van der Waals surface area contributed by atoms with Crippen LogP contribution in [0.5, 0.6) is 0 Å². The molecule has 0 amide bonds. The van der Waals surface area contributed by atoms with E-state index in [2.05, 4.69) is 0 Å². The molecule has 1 saturated carbocycles. The fraction of sp³-hybridized carbons (Fsp3) is 0.333. The van der Waals surface area contributed by atoms with Crippen LogP contribution in [0, 0.1) is 5.82 Å². The zero-order valence-corrected chi connectivity index (χ0v) is 14.2. The number of hydrogen-bond donors (Lipinski definition) is 1. The second-order valence-electron chi connectivity index (χ2n) is 6.06. The molecule has 2 aromatic rings. The van der Waals surface area contributed by atoms with Gasteiger partial charge >= 0.3 is 0 Å². The molecule has 0 radical (unpaired) electrons. The quantitative estimate of drug-likeness (QED) is 0.870. The van der Waals surface area contributed by atoms with Crippen LogP contribution in [0.4, 0.5) is 4.39 Å². The van der Waals surface area contributed by atoms with Crippen molar-refractivity contribution < 1.29 is 17.5 Å². The first-order valence-electron chi connectivity index (χ1n) is 7.82. The Hall–Kier alpha value is -1.76. The third-order valence-corrected chi connectivity index (χ3v) is 6.78. The molecule has 2 N–H and O–H groups in total. The maximum absolute atomic E-state index is 13.6. The zero-order chi connectivity index (χ0) is 17.4. The van der Waals surface area contributed by atoms with Gasteiger partial charge in [-0.05, 0) is 36.8 Å². The number of rotatable bonds is 6. The lowest BCUT2D eigenvalue weighted by molar-refractivity contribution is 0.125. The van der Waals surface area contributed by atoms with Gasteiger partial charge in [-0.15, -0.1) is 0 Å². The Morgan fingerprint density at radius 1 is 1.17 bits per heavy atom. The van der Waals surface area contributed by atoms with E-state index in [1.165, 1.54) is 12.1 Å². The fourth-order valence-electron chi connectivity index (χ4n) is 3.28. The third-order valence-electron chi connectivity index (χ3n) is 4.47. The summed E-state index contributed by atoms with van der Waals surface area (Å²) in [6, 6.07) is 14.2. The number of ether oxygens (including phenoxy) is 1. The highest BCUT2D eigenvalue weighted by molar-refractivity contribution is 7.92. The molecule has 1 aliphatic rings. The van der Waals surface area contributed by atoms with Gasteiger partial charge in [-0.2, -0.15) is 0 Å². The van der Waals surface area contributed by atoms with Crippen LogP contribution in [0.3, 0.4) is 0 Å². The predicted octanol–water partition coefficient (Wildman–Crippen LogP) is 2.50. The predicted molar refractivity (Wildman–Crippen MR) is 90.0 cm³/mol. The molecule has 6 heteroatoms. The van der Waals surface area contributed by atoms with Gasteiger partial charge in [0.15, 0.2) is 9.84 Å². The van der Waals surface area contributed by atoms with Crippen LogP contribution in [-0.2, 0) is 14.6 Å². The molecule has 0 spiro atoms. The standard InChI is InChI=1S/C18H20FNO3S/c1-2-23-12-18(20)16(13-7-6-8-14(19)11-13)17(18)24(21,22)15-9-4-3-5-10-15/h3-11,16-17H,2,12,20H2,1H3/t16-,17+,18+/m1/s1. The highest BCUT2D eigenvalue weighted by Gasteiger charge is 2.69. The van der Waals surface area contributed by atoms with Gasteiger partial charge in [0.05, 0.1) is 22.3 Å². The van der Waals surface area contributed by atoms with E-state index in [9.17, 15) is 12.8 Å². The summed E-state index contributed by atoms with van der Waals surface area (Å²) in [5.74, 6) is -0.904. The lowest BCUT2D eigenvalue weighted by atomic mass is 10.1. The van der Waals surface area contributed by atoms with Crippen LogP contribution < -0.4 is 5.73 Å². The van der Waals surface area contributed by atoms with Crippen LogP contribution in [0.25, 0.3) is 0 Å². The maximum Gasteiger partial charge on any atom is 0.183 e. The van der Waals surface area contributed by atoms with Crippen molar-refractivity contribution in [2.45, 2.75) is 28.5 Å². The molecule has 4 nitrogen and oxygen atoms in total. The number of nitrogens with two attached hydrogens (primary N) is 1. The summed E-state index contributed by atoms with van der Waals surface area (Å²) in [5.41, 5.74) is 5.93. The molecule has 0 aliphatic heterocycles. The van der Waals surface area contributed by atoms with Crippen LogP contribution in [-0.4, -0.2) is 32.4 Å². The highest BCUT2D eigenvalue weighted by Crippen LogP contribution is 2.55. The molecule has 3 atom stereocenters. The largest absolute Gasteiger partial charge is 0.380 e. The zero-order valence-electron chi connectivity index (χ0n) is 13.4. The molecule has 0 aromatic heterocycles. The molecule has 0 heterocycles. The van der Waals surface area contributed by atoms with E-state index >= 15 is 0 Å². The second-order valence-corrected chi connectivity index (χ2v) is 8.13. The number of halogens is 1. The highest BCUT2D eigenvalue weighted by atomic mass is 32.2. The smallest absolute Gasteiger partial charge is 0.183 e. The minimum atomic E-state index is -3.64. The van der Waals surface area contributed by atoms with Gasteiger partial charge in [0.25, 0.3) is 0 Å². The molecule has 1 fully saturated rings. The SMILES string of the molecule is CCOC[C@]1(N)[C@H](c2cccc(F)c2)[C@@H]1S(=O)(=O)c1ccccc1. The van der Waals surface area contributed by atoms with E-state index in [1.807, 2.05) is 6.92 Å². The number of sulfone groups is 1. The van der Waals surface area contributed by atoms with Crippen LogP contribution in [0.15, 0.2) is 59.5 Å². The summed E-state index contributed by atoms with van der Waals surface area (Å²) in [7, 11) is -3.64. The average molecular weight is 349 g/mol. The molecule has 24 heavy (non-hydrogen) atoms. The van der Waals surface area contributed by atoms with Gasteiger partial charge in [0.2, 0.25) is 0 Å². The van der Waals surface area contributed by atoms with Gasteiger partial charge in [-0.3, -0.25) is 0 Å². The molecule has 2 aromatic carbocycles. The minimum absolute atomic E-state index is 0.113. The Bertz CT molecular complexity index is 825. The van der Waals surface area contributed by atoms with Gasteiger partial charge in [-0.1, -0.05) is 30.3 Å². The maximum atomic E-state index is 13.6. The topological polar surface area (TPSA) is 69.4 Å². The first-order valence-corrected chi connectivity index (χ1v) is 9.37. The van der Waals surface area contributed by atoms with E-state index in [-0.39, 0.29) is 11.5 Å². The van der Waals surface area contributed by atoms with Crippen molar-refractivity contribution in [3.8, 4) is 0 Å². The summed E-state index contributed by atoms with van der Waals surface area (Å²) in [6.45, 7) is 2.37. The lowest BCUT2D eigenvalue weighted by Gasteiger charge is -2.12. The molecule has 0 bridgehead atoms. The molecule has 0 saturated heterocycles. The van der Waals surface area contributed by atoms with Crippen molar-refractivity contribution in [1.82, 2.24) is 0 Å². The number of benzene rings is 2. The number of hydrogen-bond acceptors (Lipinski definition) is 4. The normalized spacial score (nSPS) is 26.3. The first-order chi connectivity index (χ1) is 11.4. The van der Waals surface area contributed by atoms with Gasteiger partial charge < -0.3 is 10.5 Å². The monoisotopic (exact) mass is 349 g/mol. The van der Waals surface area contributed by atoms with Crippen molar-refractivity contribution in [2.75, 3.05) is 13.2 Å². The Morgan fingerprint density at radius 3 is 2.50 bits per heavy atom. The second kappa shape index (κ2) is 6.27. The lowest BCUT2D eigenvalue weighted by Crippen LogP contribution is -2.36. The minimum Gasteiger partial charge on any atom is -0.380 e. The van der Waals surface area contributed by atoms with Crippen molar-refractivity contribution in [2.24, 2.45) is 5.73 Å². The summed E-state index contributed by atoms with van der Waals surface area (Å²) in [6.07, 6.45) is 0. The van der Waals surface area contributed by atoms with E-state index in [0.29, 0.717) is 12.2 Å². The van der Waals surface area contributed by atoms with Crippen LogP contribution >= 0.6 is 0 Å². The summed E-state index contributed by atoms with van der Waals surface area (Å²) < 4.78 is 45.0. The first kappa shape index (κ1) is 17.1. The summed E-state index contributed by atoms with van der Waals surface area (Å²) in [4.78, 5) is 0.222. The summed E-state index contributed by atoms with van der Waals surface area (Å²) in [5, 5.41) is -0.833. The Labute approximate surface area is 141 Å². The van der Waals surface area contributed by atoms with Crippen LogP contribution in [0.1, 0.15) is 18.4 Å². The molecular formula is C18H20FNO3S. The molecule has 3 rings (SSSR count). The van der Waals surface area contributed by atoms with Gasteiger partial charge in [-0.25, -0.2) is 12.8 Å². The van der Waals surface area contributed by atoms with Crippen molar-refractivity contribution >= 4 is 9.84 Å². The van der Waals surface area contributed by atoms with Crippen molar-refractivity contribution in [1.29, 1.82) is 0 Å². The van der Waals surface area contributed by atoms with Gasteiger partial charge in [0.1, 0.15) is 5.82 Å². The van der Waals surface area contributed by atoms with E-state index in [1.54, 1.807) is 42.5 Å². The average Bonchev–Trinajstić information content (AvgIpc) is 3.21. The van der Waals surface area contributed by atoms with E-state index in [4.69, 9.17) is 10.5 Å². The summed E-state index contributed by atoms with van der Waals surface area (Å²) >= 11 is 0. The van der Waals surface area contributed by atoms with E-state index in [0.717, 1.165) is 0 Å². The Morgan fingerprint density at radius 2 is 1.88 bits per heavy atom.